The lowest BCUT2D eigenvalue weighted by atomic mass is 9.98. The highest BCUT2D eigenvalue weighted by molar-refractivity contribution is 5.79. The zero-order valence-corrected chi connectivity index (χ0v) is 34.3. The molecule has 58 heavy (non-hydrogen) atoms. The van der Waals surface area contributed by atoms with Gasteiger partial charge in [0.15, 0.2) is 0 Å². The molecule has 0 unspecified atom stereocenters. The summed E-state index contributed by atoms with van der Waals surface area (Å²) in [6.07, 6.45) is 3.55. The molecule has 0 bridgehead atoms. The van der Waals surface area contributed by atoms with Gasteiger partial charge in [-0.05, 0) is 55.9 Å². The lowest BCUT2D eigenvalue weighted by Gasteiger charge is -2.34. The predicted molar refractivity (Wildman–Crippen MR) is 218 cm³/mol. The number of rotatable bonds is 31. The molecule has 0 atom stereocenters. The van der Waals surface area contributed by atoms with E-state index in [-0.39, 0.29) is 127 Å². The van der Waals surface area contributed by atoms with Gasteiger partial charge in [0.25, 0.3) is 0 Å². The lowest BCUT2D eigenvalue weighted by molar-refractivity contribution is -0.130. The molecule has 15 heteroatoms. The summed E-state index contributed by atoms with van der Waals surface area (Å²) in [5.41, 5.74) is 3.59. The van der Waals surface area contributed by atoms with Gasteiger partial charge in [-0.15, -0.1) is 0 Å². The number of alkyl carbamates (subject to hydrolysis) is 1. The minimum atomic E-state index is -1.14. The Labute approximate surface area is 342 Å². The van der Waals surface area contributed by atoms with Crippen molar-refractivity contribution in [1.82, 2.24) is 21.3 Å². The Morgan fingerprint density at radius 3 is 1.53 bits per heavy atom. The van der Waals surface area contributed by atoms with Crippen LogP contribution in [0.15, 0.2) is 48.5 Å². The number of Topliss-reactive ketones (excluding diaryl/α,β-unsaturated/α-hetero) is 3. The maximum Gasteiger partial charge on any atom is 0.407 e. The molecular formula is C43H62N4O11. The number of urea groups is 1. The second-order valence-electron chi connectivity index (χ2n) is 14.6. The molecule has 320 valence electrons. The normalized spacial score (nSPS) is 12.0. The third kappa shape index (κ3) is 18.7. The molecule has 0 radical (unpaired) electrons. The maximum atomic E-state index is 13.0. The van der Waals surface area contributed by atoms with Crippen LogP contribution in [0.5, 0.6) is 0 Å². The Bertz CT molecular complexity index is 1520. The van der Waals surface area contributed by atoms with Gasteiger partial charge in [-0.1, -0.05) is 61.4 Å². The largest absolute Gasteiger partial charge is 0.449 e. The van der Waals surface area contributed by atoms with Crippen LogP contribution in [0.2, 0.25) is 0 Å². The first-order valence-corrected chi connectivity index (χ1v) is 20.2. The van der Waals surface area contributed by atoms with Gasteiger partial charge in [0.2, 0.25) is 5.91 Å². The Morgan fingerprint density at radius 2 is 1.02 bits per heavy atom. The SMILES string of the molecule is CC(=O)CCOCC(COCCC(C)=O)(COCCC(C)=O)NC(=O)CCOCCNC(=O)NCCCCCCNC(=O)OCC1c2ccccc2-c2ccccc21. The van der Waals surface area contributed by atoms with Gasteiger partial charge in [-0.3, -0.25) is 19.2 Å². The number of carbonyl (C=O) groups is 6. The highest BCUT2D eigenvalue weighted by Gasteiger charge is 2.34. The quantitative estimate of drug-likeness (QED) is 0.0775. The zero-order chi connectivity index (χ0) is 42.0. The van der Waals surface area contributed by atoms with Crippen molar-refractivity contribution in [2.24, 2.45) is 0 Å². The molecule has 0 saturated carbocycles. The minimum Gasteiger partial charge on any atom is -0.449 e. The van der Waals surface area contributed by atoms with Gasteiger partial charge in [-0.25, -0.2) is 9.59 Å². The van der Waals surface area contributed by atoms with Crippen molar-refractivity contribution in [3.8, 4) is 11.1 Å². The van der Waals surface area contributed by atoms with E-state index < -0.39 is 11.6 Å². The van der Waals surface area contributed by atoms with E-state index in [2.05, 4.69) is 45.5 Å². The van der Waals surface area contributed by atoms with E-state index in [1.54, 1.807) is 0 Å². The average molecular weight is 811 g/mol. The summed E-state index contributed by atoms with van der Waals surface area (Å²) in [4.78, 5) is 71.8. The standard InChI is InChI=1S/C43H62N4O11/c1-32(48)16-23-55-29-43(30-56-24-17-33(2)49,31-57-25-18-34(3)50)47-40(51)19-26-54-27-22-45-41(52)44-20-10-4-5-11-21-46-42(53)58-28-39-37-14-8-6-12-35(37)36-13-7-9-15-38(36)39/h6-9,12-15,39H,4-5,10-11,16-31H2,1-3H3,(H,46,53)(H,47,51)(H2,44,45,52). The van der Waals surface area contributed by atoms with E-state index in [1.165, 1.54) is 43.0 Å². The molecule has 0 aliphatic heterocycles. The Hall–Kier alpha value is -4.70. The number of carbonyl (C=O) groups excluding carboxylic acids is 6. The number of benzene rings is 2. The highest BCUT2D eigenvalue weighted by atomic mass is 16.5. The number of fused-ring (bicyclic) bond motifs is 3. The second kappa shape index (κ2) is 27.1. The van der Waals surface area contributed by atoms with Crippen molar-refractivity contribution in [2.75, 3.05) is 79.1 Å². The highest BCUT2D eigenvalue weighted by Crippen LogP contribution is 2.44. The summed E-state index contributed by atoms with van der Waals surface area (Å²) >= 11 is 0. The molecule has 3 rings (SSSR count). The molecule has 1 aliphatic carbocycles. The van der Waals surface area contributed by atoms with Crippen molar-refractivity contribution < 1.29 is 52.5 Å². The summed E-state index contributed by atoms with van der Waals surface area (Å²) in [7, 11) is 0. The second-order valence-corrected chi connectivity index (χ2v) is 14.6. The van der Waals surface area contributed by atoms with E-state index in [1.807, 2.05) is 24.3 Å². The fourth-order valence-electron chi connectivity index (χ4n) is 6.25. The number of nitrogens with one attached hydrogen (secondary N) is 4. The van der Waals surface area contributed by atoms with Crippen LogP contribution in [0, 0.1) is 0 Å². The van der Waals surface area contributed by atoms with Crippen LogP contribution in [-0.4, -0.2) is 120 Å². The summed E-state index contributed by atoms with van der Waals surface area (Å²) < 4.78 is 28.3. The molecule has 1 aliphatic rings. The van der Waals surface area contributed by atoms with Crippen LogP contribution in [0.25, 0.3) is 11.1 Å². The Balaban J connectivity index is 1.24. The predicted octanol–water partition coefficient (Wildman–Crippen LogP) is 4.63. The average Bonchev–Trinajstić information content (AvgIpc) is 3.51. The van der Waals surface area contributed by atoms with Gasteiger partial charge in [0.1, 0.15) is 29.5 Å². The van der Waals surface area contributed by atoms with Crippen LogP contribution < -0.4 is 21.3 Å². The zero-order valence-electron chi connectivity index (χ0n) is 34.3. The van der Waals surface area contributed by atoms with Gasteiger partial charge >= 0.3 is 12.1 Å². The third-order valence-corrected chi connectivity index (χ3v) is 9.34. The summed E-state index contributed by atoms with van der Waals surface area (Å²) in [5.74, 6) is -0.463. The monoisotopic (exact) mass is 810 g/mol. The van der Waals surface area contributed by atoms with E-state index in [4.69, 9.17) is 23.7 Å². The molecule has 4 amide bonds. The summed E-state index contributed by atoms with van der Waals surface area (Å²) in [6, 6.07) is 16.1. The third-order valence-electron chi connectivity index (χ3n) is 9.34. The molecule has 0 spiro atoms. The van der Waals surface area contributed by atoms with Crippen LogP contribution >= 0.6 is 0 Å². The van der Waals surface area contributed by atoms with Crippen molar-refractivity contribution in [3.05, 3.63) is 59.7 Å². The van der Waals surface area contributed by atoms with Gasteiger partial charge < -0.3 is 45.0 Å². The van der Waals surface area contributed by atoms with E-state index in [0.29, 0.717) is 13.1 Å². The lowest BCUT2D eigenvalue weighted by Crippen LogP contribution is -2.59. The fraction of sp³-hybridized carbons (Fsp3) is 0.581. The van der Waals surface area contributed by atoms with Crippen LogP contribution in [0.1, 0.15) is 89.2 Å². The topological polar surface area (TPSA) is 197 Å². The number of unbranched alkanes of at least 4 members (excludes halogenated alkanes) is 3. The van der Waals surface area contributed by atoms with Crippen LogP contribution in [-0.2, 0) is 42.9 Å². The fourth-order valence-corrected chi connectivity index (χ4v) is 6.25. The molecular weight excluding hydrogens is 748 g/mol. The molecule has 0 aromatic heterocycles. The minimum absolute atomic E-state index is 0.00347. The molecule has 0 saturated heterocycles. The smallest absolute Gasteiger partial charge is 0.407 e. The Kier molecular flexibility index (Phi) is 22.3. The van der Waals surface area contributed by atoms with Gasteiger partial charge in [-0.2, -0.15) is 0 Å². The molecule has 0 heterocycles. The van der Waals surface area contributed by atoms with E-state index in [9.17, 15) is 28.8 Å². The number of hydrogen-bond acceptors (Lipinski definition) is 11. The van der Waals surface area contributed by atoms with E-state index >= 15 is 0 Å². The van der Waals surface area contributed by atoms with Gasteiger partial charge in [0.05, 0.1) is 52.9 Å². The molecule has 2 aromatic rings. The van der Waals surface area contributed by atoms with Crippen molar-refractivity contribution in [3.63, 3.8) is 0 Å². The van der Waals surface area contributed by atoms with Crippen LogP contribution in [0.4, 0.5) is 9.59 Å². The first-order valence-electron chi connectivity index (χ1n) is 20.2. The number of ketones is 3. The number of amides is 4. The summed E-state index contributed by atoms with van der Waals surface area (Å²) in [5, 5.41) is 11.3. The van der Waals surface area contributed by atoms with Crippen molar-refractivity contribution >= 4 is 35.4 Å². The number of ether oxygens (including phenoxy) is 5. The maximum absolute atomic E-state index is 13.0. The molecule has 4 N–H and O–H groups in total. The summed E-state index contributed by atoms with van der Waals surface area (Å²) in [6.45, 7) is 6.55. The molecule has 15 nitrogen and oxygen atoms in total. The van der Waals surface area contributed by atoms with Crippen molar-refractivity contribution in [1.29, 1.82) is 0 Å². The van der Waals surface area contributed by atoms with Crippen molar-refractivity contribution in [2.45, 2.75) is 83.6 Å². The number of hydrogen-bond donors (Lipinski definition) is 4. The van der Waals surface area contributed by atoms with E-state index in [0.717, 1.165) is 25.7 Å². The first kappa shape index (κ1) is 47.7. The molecule has 0 fully saturated rings. The Morgan fingerprint density at radius 1 is 0.552 bits per heavy atom. The molecule has 2 aromatic carbocycles. The van der Waals surface area contributed by atoms with Crippen LogP contribution in [0.3, 0.4) is 0 Å². The van der Waals surface area contributed by atoms with Gasteiger partial charge in [0, 0.05) is 51.2 Å². The first-order chi connectivity index (χ1) is 28.0.